The van der Waals surface area contributed by atoms with Crippen molar-refractivity contribution in [2.45, 2.75) is 44.2 Å². The molecule has 0 atom stereocenters. The molecule has 1 aliphatic rings. The number of carbonyl (C=O) groups excluding carboxylic acids is 1. The molecule has 0 unspecified atom stereocenters. The molecule has 1 aromatic carbocycles. The quantitative estimate of drug-likeness (QED) is 0.868. The fraction of sp³-hybridized carbons (Fsp3) is 0.450. The number of carbonyl (C=O) groups is 1. The SMILES string of the molecule is CN(CC(=O)NC1(C#N)CCCCC1)Cc1cnn(-c2ccccc2)c1. The van der Waals surface area contributed by atoms with Gasteiger partial charge >= 0.3 is 0 Å². The second-order valence-corrected chi connectivity index (χ2v) is 7.10. The summed E-state index contributed by atoms with van der Waals surface area (Å²) in [4.78, 5) is 14.3. The van der Waals surface area contributed by atoms with Crippen molar-refractivity contribution in [2.24, 2.45) is 0 Å². The van der Waals surface area contributed by atoms with E-state index in [1.54, 1.807) is 0 Å². The monoisotopic (exact) mass is 351 g/mol. The Labute approximate surface area is 154 Å². The third kappa shape index (κ3) is 4.50. The van der Waals surface area contributed by atoms with E-state index in [0.29, 0.717) is 6.54 Å². The molecule has 3 rings (SSSR count). The van der Waals surface area contributed by atoms with Gasteiger partial charge in [-0.05, 0) is 32.0 Å². The van der Waals surface area contributed by atoms with E-state index in [1.165, 1.54) is 0 Å². The highest BCUT2D eigenvalue weighted by Gasteiger charge is 2.33. The Kier molecular flexibility index (Phi) is 5.69. The van der Waals surface area contributed by atoms with Crippen LogP contribution in [0.2, 0.25) is 0 Å². The van der Waals surface area contributed by atoms with Gasteiger partial charge in [-0.3, -0.25) is 9.69 Å². The Bertz CT molecular complexity index is 771. The number of amides is 1. The summed E-state index contributed by atoms with van der Waals surface area (Å²) in [6, 6.07) is 12.3. The molecule has 136 valence electrons. The largest absolute Gasteiger partial charge is 0.337 e. The number of hydrogen-bond acceptors (Lipinski definition) is 4. The summed E-state index contributed by atoms with van der Waals surface area (Å²) in [7, 11) is 1.90. The molecular formula is C20H25N5O. The molecule has 1 saturated carbocycles. The zero-order valence-corrected chi connectivity index (χ0v) is 15.2. The maximum Gasteiger partial charge on any atom is 0.235 e. The standard InChI is InChI=1S/C20H25N5O/c1-24(15-19(26)23-20(16-21)10-6-3-7-11-20)13-17-12-22-25(14-17)18-8-4-2-5-9-18/h2,4-5,8-9,12,14H,3,6-7,10-11,13,15H2,1H3,(H,23,26). The Morgan fingerprint density at radius 1 is 1.31 bits per heavy atom. The lowest BCUT2D eigenvalue weighted by molar-refractivity contribution is -0.123. The molecule has 1 amide bonds. The third-order valence-corrected chi connectivity index (χ3v) is 4.82. The summed E-state index contributed by atoms with van der Waals surface area (Å²) < 4.78 is 1.83. The molecule has 6 nitrogen and oxygen atoms in total. The van der Waals surface area contributed by atoms with Crippen LogP contribution in [0.3, 0.4) is 0 Å². The van der Waals surface area contributed by atoms with Crippen molar-refractivity contribution >= 4 is 5.91 Å². The van der Waals surface area contributed by atoms with Crippen molar-refractivity contribution in [1.82, 2.24) is 20.0 Å². The van der Waals surface area contributed by atoms with Crippen molar-refractivity contribution in [3.63, 3.8) is 0 Å². The number of rotatable bonds is 6. The highest BCUT2D eigenvalue weighted by molar-refractivity contribution is 5.79. The summed E-state index contributed by atoms with van der Waals surface area (Å²) in [5, 5.41) is 16.8. The van der Waals surface area contributed by atoms with Crippen molar-refractivity contribution in [1.29, 1.82) is 5.26 Å². The fourth-order valence-corrected chi connectivity index (χ4v) is 3.50. The first-order valence-corrected chi connectivity index (χ1v) is 9.10. The number of aromatic nitrogens is 2. The van der Waals surface area contributed by atoms with Gasteiger partial charge in [0.25, 0.3) is 0 Å². The number of hydrogen-bond donors (Lipinski definition) is 1. The first kappa shape index (κ1) is 18.2. The van der Waals surface area contributed by atoms with Gasteiger partial charge in [0.1, 0.15) is 5.54 Å². The Morgan fingerprint density at radius 3 is 2.73 bits per heavy atom. The Hall–Kier alpha value is -2.65. The zero-order valence-electron chi connectivity index (χ0n) is 15.2. The van der Waals surface area contributed by atoms with Crippen molar-refractivity contribution in [3.8, 4) is 11.8 Å². The summed E-state index contributed by atoms with van der Waals surface area (Å²) in [6.45, 7) is 0.889. The average molecular weight is 351 g/mol. The normalized spacial score (nSPS) is 16.2. The molecule has 0 radical (unpaired) electrons. The molecule has 1 aromatic heterocycles. The number of benzene rings is 1. The maximum absolute atomic E-state index is 12.4. The number of likely N-dealkylation sites (N-methyl/N-ethyl adjacent to an activating group) is 1. The van der Waals surface area contributed by atoms with Crippen LogP contribution >= 0.6 is 0 Å². The van der Waals surface area contributed by atoms with Crippen LogP contribution in [0, 0.1) is 11.3 Å². The Morgan fingerprint density at radius 2 is 2.04 bits per heavy atom. The number of nitriles is 1. The highest BCUT2D eigenvalue weighted by atomic mass is 16.2. The lowest BCUT2D eigenvalue weighted by atomic mass is 9.83. The molecule has 0 bridgehead atoms. The van der Waals surface area contributed by atoms with Gasteiger partial charge in [0.15, 0.2) is 0 Å². The minimum atomic E-state index is -0.672. The molecule has 2 aromatic rings. The van der Waals surface area contributed by atoms with Gasteiger partial charge in [0.05, 0.1) is 24.5 Å². The summed E-state index contributed by atoms with van der Waals surface area (Å²) in [6.07, 6.45) is 8.45. The van der Waals surface area contributed by atoms with E-state index in [2.05, 4.69) is 16.5 Å². The second kappa shape index (κ2) is 8.15. The van der Waals surface area contributed by atoms with Crippen LogP contribution in [0.4, 0.5) is 0 Å². The molecule has 1 aliphatic carbocycles. The number of nitrogens with one attached hydrogen (secondary N) is 1. The van der Waals surface area contributed by atoms with E-state index >= 15 is 0 Å². The van der Waals surface area contributed by atoms with Crippen molar-refractivity contribution in [2.75, 3.05) is 13.6 Å². The topological polar surface area (TPSA) is 74.0 Å². The van der Waals surface area contributed by atoms with E-state index < -0.39 is 5.54 Å². The molecule has 6 heteroatoms. The average Bonchev–Trinajstić information content (AvgIpc) is 3.11. The Balaban J connectivity index is 1.54. The van der Waals surface area contributed by atoms with Gasteiger partial charge < -0.3 is 5.32 Å². The molecule has 0 spiro atoms. The van der Waals surface area contributed by atoms with E-state index in [4.69, 9.17) is 0 Å². The molecule has 0 aliphatic heterocycles. The predicted molar refractivity (Wildman–Crippen MR) is 99.5 cm³/mol. The van der Waals surface area contributed by atoms with Gasteiger partial charge in [0.2, 0.25) is 5.91 Å². The summed E-state index contributed by atoms with van der Waals surface area (Å²) in [5.41, 5.74) is 1.37. The van der Waals surface area contributed by atoms with E-state index in [1.807, 2.05) is 59.4 Å². The molecular weight excluding hydrogens is 326 g/mol. The van der Waals surface area contributed by atoms with Crippen LogP contribution in [-0.4, -0.2) is 39.7 Å². The third-order valence-electron chi connectivity index (χ3n) is 4.82. The van der Waals surface area contributed by atoms with Crippen LogP contribution in [0.1, 0.15) is 37.7 Å². The van der Waals surface area contributed by atoms with Gasteiger partial charge in [0, 0.05) is 18.3 Å². The van der Waals surface area contributed by atoms with E-state index in [-0.39, 0.29) is 12.5 Å². The second-order valence-electron chi connectivity index (χ2n) is 7.10. The van der Waals surface area contributed by atoms with Crippen LogP contribution in [-0.2, 0) is 11.3 Å². The first-order chi connectivity index (χ1) is 12.6. The lowest BCUT2D eigenvalue weighted by Gasteiger charge is -2.32. The highest BCUT2D eigenvalue weighted by Crippen LogP contribution is 2.27. The van der Waals surface area contributed by atoms with Crippen LogP contribution in [0.5, 0.6) is 0 Å². The molecule has 26 heavy (non-hydrogen) atoms. The maximum atomic E-state index is 12.4. The lowest BCUT2D eigenvalue weighted by Crippen LogP contribution is -2.51. The van der Waals surface area contributed by atoms with Gasteiger partial charge in [-0.1, -0.05) is 37.5 Å². The van der Waals surface area contributed by atoms with E-state index in [0.717, 1.165) is 43.4 Å². The van der Waals surface area contributed by atoms with E-state index in [9.17, 15) is 10.1 Å². The van der Waals surface area contributed by atoms with Gasteiger partial charge in [-0.2, -0.15) is 10.4 Å². The summed E-state index contributed by atoms with van der Waals surface area (Å²) >= 11 is 0. The number of para-hydroxylation sites is 1. The summed E-state index contributed by atoms with van der Waals surface area (Å²) in [5.74, 6) is -0.0913. The van der Waals surface area contributed by atoms with Crippen molar-refractivity contribution < 1.29 is 4.79 Å². The minimum absolute atomic E-state index is 0.0913. The molecule has 1 N–H and O–H groups in total. The number of nitrogens with zero attached hydrogens (tertiary/aromatic N) is 4. The zero-order chi connectivity index (χ0) is 18.4. The van der Waals surface area contributed by atoms with Gasteiger partial charge in [-0.25, -0.2) is 4.68 Å². The molecule has 1 heterocycles. The van der Waals surface area contributed by atoms with Gasteiger partial charge in [-0.15, -0.1) is 0 Å². The molecule has 1 fully saturated rings. The van der Waals surface area contributed by atoms with Crippen LogP contribution in [0.15, 0.2) is 42.7 Å². The predicted octanol–water partition coefficient (Wildman–Crippen LogP) is 2.65. The smallest absolute Gasteiger partial charge is 0.235 e. The van der Waals surface area contributed by atoms with Crippen LogP contribution < -0.4 is 5.32 Å². The molecule has 0 saturated heterocycles. The van der Waals surface area contributed by atoms with Crippen molar-refractivity contribution in [3.05, 3.63) is 48.3 Å². The minimum Gasteiger partial charge on any atom is -0.337 e. The first-order valence-electron chi connectivity index (χ1n) is 9.10. The fourth-order valence-electron chi connectivity index (χ4n) is 3.50. The van der Waals surface area contributed by atoms with Crippen LogP contribution in [0.25, 0.3) is 5.69 Å².